The number of carbonyl (C=O) groups is 1. The number of benzene rings is 1. The van der Waals surface area contributed by atoms with E-state index in [9.17, 15) is 14.9 Å². The summed E-state index contributed by atoms with van der Waals surface area (Å²) in [5, 5.41) is 11.1. The van der Waals surface area contributed by atoms with E-state index in [4.69, 9.17) is 5.73 Å². The van der Waals surface area contributed by atoms with Crippen LogP contribution >= 0.6 is 0 Å². The van der Waals surface area contributed by atoms with Crippen LogP contribution < -0.4 is 5.73 Å². The van der Waals surface area contributed by atoms with Gasteiger partial charge in [-0.05, 0) is 37.8 Å². The summed E-state index contributed by atoms with van der Waals surface area (Å²) in [6.45, 7) is 1.98. The smallest absolute Gasteiger partial charge is 0.277 e. The average molecular weight is 260 g/mol. The minimum absolute atomic E-state index is 0.0172. The Hall–Kier alpha value is -2.01. The highest BCUT2D eigenvalue weighted by atomic mass is 16.6. The summed E-state index contributed by atoms with van der Waals surface area (Å²) >= 11 is 0. The molecule has 1 aromatic carbocycles. The molecule has 5 nitrogen and oxygen atoms in total. The largest absolute Gasteiger partial charge is 0.325 e. The van der Waals surface area contributed by atoms with Crippen molar-refractivity contribution in [2.24, 2.45) is 5.73 Å². The monoisotopic (exact) mass is 260 g/mol. The first-order valence-electron chi connectivity index (χ1n) is 6.15. The summed E-state index contributed by atoms with van der Waals surface area (Å²) in [7, 11) is 0. The fourth-order valence-corrected chi connectivity index (χ4v) is 2.27. The number of hydrogen-bond acceptors (Lipinski definition) is 4. The van der Waals surface area contributed by atoms with Crippen LogP contribution in [0.4, 0.5) is 5.69 Å². The Balaban J connectivity index is 2.43. The van der Waals surface area contributed by atoms with Crippen LogP contribution in [0.15, 0.2) is 24.3 Å². The number of nitrogens with two attached hydrogens (primary N) is 1. The Kier molecular flexibility index (Phi) is 3.48. The fourth-order valence-electron chi connectivity index (χ4n) is 2.27. The summed E-state index contributed by atoms with van der Waals surface area (Å²) in [4.78, 5) is 21.4. The Morgan fingerprint density at radius 3 is 2.74 bits per heavy atom. The normalized spacial score (nSPS) is 22.7. The number of carbonyl (C=O) groups excluding carboxylic acids is 1. The molecule has 2 N–H and O–H groups in total. The van der Waals surface area contributed by atoms with Crippen molar-refractivity contribution >= 4 is 17.5 Å². The lowest BCUT2D eigenvalue weighted by Crippen LogP contribution is -2.37. The van der Waals surface area contributed by atoms with E-state index in [0.29, 0.717) is 30.3 Å². The average Bonchev–Trinajstić information content (AvgIpc) is 2.38. The molecule has 0 saturated carbocycles. The van der Waals surface area contributed by atoms with Gasteiger partial charge in [0.2, 0.25) is 0 Å². The van der Waals surface area contributed by atoms with E-state index in [1.807, 2.05) is 13.0 Å². The second kappa shape index (κ2) is 4.93. The molecule has 100 valence electrons. The second-order valence-electron chi connectivity index (χ2n) is 5.24. The summed E-state index contributed by atoms with van der Waals surface area (Å²) in [6, 6.07) is 4.57. The molecule has 1 unspecified atom stereocenters. The maximum absolute atomic E-state index is 11.1. The highest BCUT2D eigenvalue weighted by molar-refractivity contribution is 5.81. The third kappa shape index (κ3) is 2.88. The third-order valence-corrected chi connectivity index (χ3v) is 3.48. The Labute approximate surface area is 111 Å². The Morgan fingerprint density at radius 1 is 1.47 bits per heavy atom. The van der Waals surface area contributed by atoms with E-state index in [1.54, 1.807) is 12.1 Å². The summed E-state index contributed by atoms with van der Waals surface area (Å²) in [5.74, 6) is 0. The molecule has 0 saturated heterocycles. The summed E-state index contributed by atoms with van der Waals surface area (Å²) in [6.07, 6.45) is 4.80. The van der Waals surface area contributed by atoms with Gasteiger partial charge in [0.05, 0.1) is 10.5 Å². The fraction of sp³-hybridized carbons (Fsp3) is 0.357. The summed E-state index contributed by atoms with van der Waals surface area (Å²) < 4.78 is 0. The molecule has 0 aliphatic heterocycles. The zero-order valence-corrected chi connectivity index (χ0v) is 10.8. The number of nitro benzene ring substituents is 1. The zero-order chi connectivity index (χ0) is 14.0. The van der Waals surface area contributed by atoms with Gasteiger partial charge in [-0.25, -0.2) is 0 Å². The van der Waals surface area contributed by atoms with E-state index >= 15 is 0 Å². The van der Waals surface area contributed by atoms with Crippen LogP contribution in [0.3, 0.4) is 0 Å². The van der Waals surface area contributed by atoms with E-state index in [1.165, 1.54) is 6.07 Å². The van der Waals surface area contributed by atoms with Crippen LogP contribution in [0.25, 0.3) is 5.57 Å². The van der Waals surface area contributed by atoms with Gasteiger partial charge in [0.15, 0.2) is 0 Å². The molecule has 2 rings (SSSR count). The number of nitrogens with zero attached hydrogens (tertiary/aromatic N) is 1. The molecule has 1 aliphatic carbocycles. The minimum atomic E-state index is -0.445. The van der Waals surface area contributed by atoms with Crippen molar-refractivity contribution in [3.05, 3.63) is 45.5 Å². The van der Waals surface area contributed by atoms with Gasteiger partial charge in [-0.3, -0.25) is 14.9 Å². The Bertz CT molecular complexity index is 562. The lowest BCUT2D eigenvalue weighted by atomic mass is 9.82. The standard InChI is InChI=1S/C14H16N2O3/c1-14(15)6-4-11(5-7-14)12-3-2-10(9-17)8-13(12)16(18)19/h2-4,8-9H,5-7,15H2,1H3. The molecule has 0 bridgehead atoms. The first-order chi connectivity index (χ1) is 8.93. The number of nitro groups is 1. The van der Waals surface area contributed by atoms with Gasteiger partial charge in [0.25, 0.3) is 5.69 Å². The van der Waals surface area contributed by atoms with Gasteiger partial charge in [-0.1, -0.05) is 12.1 Å². The van der Waals surface area contributed by atoms with Crippen LogP contribution in [0.1, 0.15) is 42.1 Å². The van der Waals surface area contributed by atoms with Crippen LogP contribution in [-0.2, 0) is 0 Å². The molecule has 0 fully saturated rings. The van der Waals surface area contributed by atoms with Gasteiger partial charge >= 0.3 is 0 Å². The zero-order valence-electron chi connectivity index (χ0n) is 10.8. The number of aldehydes is 1. The first-order valence-corrected chi connectivity index (χ1v) is 6.15. The predicted octanol–water partition coefficient (Wildman–Crippen LogP) is 2.69. The van der Waals surface area contributed by atoms with Crippen molar-refractivity contribution in [3.8, 4) is 0 Å². The molecule has 19 heavy (non-hydrogen) atoms. The molecular weight excluding hydrogens is 244 g/mol. The molecule has 5 heteroatoms. The van der Waals surface area contributed by atoms with E-state index in [2.05, 4.69) is 0 Å². The van der Waals surface area contributed by atoms with Crippen LogP contribution in [-0.4, -0.2) is 16.7 Å². The highest BCUT2D eigenvalue weighted by Crippen LogP contribution is 2.35. The first kappa shape index (κ1) is 13.4. The SMILES string of the molecule is CC1(N)CC=C(c2ccc(C=O)cc2[N+](=O)[O-])CC1. The minimum Gasteiger partial charge on any atom is -0.325 e. The van der Waals surface area contributed by atoms with Crippen molar-refractivity contribution in [2.45, 2.75) is 31.7 Å². The molecule has 0 radical (unpaired) electrons. The van der Waals surface area contributed by atoms with Crippen molar-refractivity contribution in [1.29, 1.82) is 0 Å². The lowest BCUT2D eigenvalue weighted by molar-refractivity contribution is -0.385. The van der Waals surface area contributed by atoms with Crippen LogP contribution in [0.2, 0.25) is 0 Å². The van der Waals surface area contributed by atoms with Crippen molar-refractivity contribution < 1.29 is 9.72 Å². The van der Waals surface area contributed by atoms with Gasteiger partial charge in [-0.15, -0.1) is 0 Å². The van der Waals surface area contributed by atoms with E-state index in [0.717, 1.165) is 12.0 Å². The van der Waals surface area contributed by atoms with E-state index in [-0.39, 0.29) is 11.2 Å². The topological polar surface area (TPSA) is 86.2 Å². The number of rotatable bonds is 3. The van der Waals surface area contributed by atoms with E-state index < -0.39 is 4.92 Å². The predicted molar refractivity (Wildman–Crippen MR) is 72.9 cm³/mol. The molecule has 1 atom stereocenters. The van der Waals surface area contributed by atoms with Gasteiger partial charge in [0, 0.05) is 17.2 Å². The van der Waals surface area contributed by atoms with Crippen LogP contribution in [0, 0.1) is 10.1 Å². The Morgan fingerprint density at radius 2 is 2.21 bits per heavy atom. The van der Waals surface area contributed by atoms with Crippen molar-refractivity contribution in [1.82, 2.24) is 0 Å². The maximum Gasteiger partial charge on any atom is 0.277 e. The lowest BCUT2D eigenvalue weighted by Gasteiger charge is -2.28. The maximum atomic E-state index is 11.1. The molecule has 1 aliphatic rings. The molecular formula is C14H16N2O3. The van der Waals surface area contributed by atoms with Crippen LogP contribution in [0.5, 0.6) is 0 Å². The molecule has 0 heterocycles. The highest BCUT2D eigenvalue weighted by Gasteiger charge is 2.25. The quantitative estimate of drug-likeness (QED) is 0.514. The van der Waals surface area contributed by atoms with Gasteiger partial charge in [0.1, 0.15) is 6.29 Å². The second-order valence-corrected chi connectivity index (χ2v) is 5.24. The van der Waals surface area contributed by atoms with Crippen molar-refractivity contribution in [2.75, 3.05) is 0 Å². The third-order valence-electron chi connectivity index (χ3n) is 3.48. The number of hydrogen-bond donors (Lipinski definition) is 1. The molecule has 0 amide bonds. The molecule has 0 aromatic heterocycles. The van der Waals surface area contributed by atoms with Gasteiger partial charge < -0.3 is 5.73 Å². The van der Waals surface area contributed by atoms with Crippen molar-refractivity contribution in [3.63, 3.8) is 0 Å². The summed E-state index contributed by atoms with van der Waals surface area (Å²) in [5.41, 5.74) is 7.63. The number of allylic oxidation sites excluding steroid dienone is 1. The molecule has 1 aromatic rings. The molecule has 0 spiro atoms. The van der Waals surface area contributed by atoms with Gasteiger partial charge in [-0.2, -0.15) is 0 Å².